The van der Waals surface area contributed by atoms with Gasteiger partial charge in [0.25, 0.3) is 0 Å². The predicted molar refractivity (Wildman–Crippen MR) is 106 cm³/mol. The summed E-state index contributed by atoms with van der Waals surface area (Å²) in [6, 6.07) is 8.83. The third kappa shape index (κ3) is 4.77. The molecule has 1 saturated heterocycles. The number of aliphatic imine (C=N–C) groups is 1. The van der Waals surface area contributed by atoms with Gasteiger partial charge in [-0.05, 0) is 50.2 Å². The average molecular weight is 360 g/mol. The van der Waals surface area contributed by atoms with Crippen molar-refractivity contribution in [2.45, 2.75) is 44.9 Å². The maximum absolute atomic E-state index is 9.39. The number of fused-ring (bicyclic) bond motifs is 1. The number of aryl methyl sites for hydroxylation is 1. The molecule has 1 aliphatic heterocycles. The van der Waals surface area contributed by atoms with Crippen LogP contribution >= 0.6 is 0 Å². The summed E-state index contributed by atoms with van der Waals surface area (Å²) in [5.41, 5.74) is 2.98. The number of guanidine groups is 1. The zero-order valence-corrected chi connectivity index (χ0v) is 16.0. The van der Waals surface area contributed by atoms with E-state index in [0.717, 1.165) is 38.5 Å². The van der Waals surface area contributed by atoms with Gasteiger partial charge in [-0.2, -0.15) is 0 Å². The lowest BCUT2D eigenvalue weighted by molar-refractivity contribution is 0.131. The van der Waals surface area contributed by atoms with Crippen molar-refractivity contribution < 1.29 is 9.84 Å². The quantitative estimate of drug-likeness (QED) is 0.517. The summed E-state index contributed by atoms with van der Waals surface area (Å²) in [6.45, 7) is 6.22. The Morgan fingerprint density at radius 2 is 2.23 bits per heavy atom. The van der Waals surface area contributed by atoms with Crippen LogP contribution in [-0.2, 0) is 11.2 Å². The topological polar surface area (TPSA) is 65.9 Å². The highest BCUT2D eigenvalue weighted by molar-refractivity contribution is 5.79. The zero-order valence-electron chi connectivity index (χ0n) is 16.0. The summed E-state index contributed by atoms with van der Waals surface area (Å²) in [5, 5.41) is 16.3. The lowest BCUT2D eigenvalue weighted by atomic mass is 9.83. The molecule has 26 heavy (non-hydrogen) atoms. The standard InChI is InChI=1S/C21H33N3O2/c1-2-22-20(24-15-21(10-12-25)11-13-26-16-21)23-14-18-8-5-7-17-6-3-4-9-19(17)18/h3-4,6,9,18,25H,2,5,7-8,10-16H2,1H3,(H2,22,23,24). The van der Waals surface area contributed by atoms with E-state index in [1.165, 1.54) is 30.4 Å². The maximum Gasteiger partial charge on any atom is 0.191 e. The highest BCUT2D eigenvalue weighted by atomic mass is 16.5. The molecule has 1 aromatic carbocycles. The Morgan fingerprint density at radius 3 is 3.00 bits per heavy atom. The number of aliphatic hydroxyl groups excluding tert-OH is 1. The van der Waals surface area contributed by atoms with Gasteiger partial charge in [-0.1, -0.05) is 24.3 Å². The number of hydrogen-bond acceptors (Lipinski definition) is 3. The highest BCUT2D eigenvalue weighted by Gasteiger charge is 2.34. The molecule has 144 valence electrons. The Bertz CT molecular complexity index is 597. The van der Waals surface area contributed by atoms with E-state index >= 15 is 0 Å². The van der Waals surface area contributed by atoms with Crippen molar-refractivity contribution in [3.05, 3.63) is 35.4 Å². The van der Waals surface area contributed by atoms with Gasteiger partial charge in [0.15, 0.2) is 5.96 Å². The molecule has 5 heteroatoms. The van der Waals surface area contributed by atoms with E-state index in [0.29, 0.717) is 19.1 Å². The van der Waals surface area contributed by atoms with Crippen LogP contribution in [0.25, 0.3) is 0 Å². The number of hydrogen-bond donors (Lipinski definition) is 3. The molecule has 2 aliphatic rings. The van der Waals surface area contributed by atoms with Crippen molar-refractivity contribution in [1.82, 2.24) is 10.6 Å². The Kier molecular flexibility index (Phi) is 6.92. The van der Waals surface area contributed by atoms with E-state index in [1.54, 1.807) is 0 Å². The first-order chi connectivity index (χ1) is 12.8. The van der Waals surface area contributed by atoms with Crippen molar-refractivity contribution in [3.63, 3.8) is 0 Å². The van der Waals surface area contributed by atoms with Gasteiger partial charge >= 0.3 is 0 Å². The summed E-state index contributed by atoms with van der Waals surface area (Å²) < 4.78 is 5.58. The summed E-state index contributed by atoms with van der Waals surface area (Å²) in [4.78, 5) is 4.83. The molecule has 3 N–H and O–H groups in total. The molecule has 1 aliphatic carbocycles. The first-order valence-corrected chi connectivity index (χ1v) is 10.0. The molecular weight excluding hydrogens is 326 g/mol. The smallest absolute Gasteiger partial charge is 0.191 e. The molecule has 1 fully saturated rings. The number of aliphatic hydroxyl groups is 1. The van der Waals surface area contributed by atoms with E-state index in [-0.39, 0.29) is 12.0 Å². The number of ether oxygens (including phenoxy) is 1. The Morgan fingerprint density at radius 1 is 1.35 bits per heavy atom. The van der Waals surface area contributed by atoms with Crippen molar-refractivity contribution >= 4 is 5.96 Å². The van der Waals surface area contributed by atoms with Crippen molar-refractivity contribution in [2.24, 2.45) is 10.4 Å². The fourth-order valence-corrected chi connectivity index (χ4v) is 4.16. The molecule has 3 rings (SSSR count). The number of nitrogens with one attached hydrogen (secondary N) is 2. The molecule has 0 aromatic heterocycles. The Hall–Kier alpha value is -1.59. The van der Waals surface area contributed by atoms with Crippen LogP contribution in [0.4, 0.5) is 0 Å². The third-order valence-electron chi connectivity index (χ3n) is 5.75. The SMILES string of the molecule is CCNC(=NCC1(CCO)CCOC1)NCC1CCCc2ccccc21. The average Bonchev–Trinajstić information content (AvgIpc) is 3.13. The first-order valence-electron chi connectivity index (χ1n) is 10.0. The van der Waals surface area contributed by atoms with Crippen molar-refractivity contribution in [1.29, 1.82) is 0 Å². The summed E-state index contributed by atoms with van der Waals surface area (Å²) in [7, 11) is 0. The summed E-state index contributed by atoms with van der Waals surface area (Å²) in [6.07, 6.45) is 5.42. The minimum absolute atomic E-state index is 0.00542. The third-order valence-corrected chi connectivity index (χ3v) is 5.75. The van der Waals surface area contributed by atoms with Gasteiger partial charge in [0, 0.05) is 37.6 Å². The maximum atomic E-state index is 9.39. The van der Waals surface area contributed by atoms with E-state index < -0.39 is 0 Å². The number of benzene rings is 1. The lowest BCUT2D eigenvalue weighted by Gasteiger charge is -2.27. The molecule has 2 unspecified atom stereocenters. The van der Waals surface area contributed by atoms with Gasteiger partial charge < -0.3 is 20.5 Å². The van der Waals surface area contributed by atoms with Crippen molar-refractivity contribution in [2.75, 3.05) is 39.5 Å². The predicted octanol–water partition coefficient (Wildman–Crippen LogP) is 2.45. The van der Waals surface area contributed by atoms with Gasteiger partial charge in [-0.25, -0.2) is 0 Å². The van der Waals surface area contributed by atoms with Gasteiger partial charge in [0.1, 0.15) is 0 Å². The molecule has 5 nitrogen and oxygen atoms in total. The second kappa shape index (κ2) is 9.38. The Balaban J connectivity index is 1.62. The van der Waals surface area contributed by atoms with Gasteiger partial charge in [0.05, 0.1) is 13.2 Å². The molecule has 0 saturated carbocycles. The van der Waals surface area contributed by atoms with Crippen LogP contribution in [0.15, 0.2) is 29.3 Å². The van der Waals surface area contributed by atoms with E-state index in [9.17, 15) is 5.11 Å². The Labute approximate surface area is 157 Å². The first kappa shape index (κ1) is 19.2. The molecule has 0 amide bonds. The van der Waals surface area contributed by atoms with E-state index in [4.69, 9.17) is 9.73 Å². The van der Waals surface area contributed by atoms with Crippen LogP contribution in [-0.4, -0.2) is 50.5 Å². The number of rotatable bonds is 7. The van der Waals surface area contributed by atoms with Gasteiger partial charge in [-0.3, -0.25) is 4.99 Å². The van der Waals surface area contributed by atoms with E-state index in [2.05, 4.69) is 41.8 Å². The van der Waals surface area contributed by atoms with Crippen LogP contribution in [0.3, 0.4) is 0 Å². The fraction of sp³-hybridized carbons (Fsp3) is 0.667. The lowest BCUT2D eigenvalue weighted by Crippen LogP contribution is -2.41. The fourth-order valence-electron chi connectivity index (χ4n) is 4.16. The van der Waals surface area contributed by atoms with Crippen LogP contribution in [0.1, 0.15) is 49.7 Å². The second-order valence-corrected chi connectivity index (χ2v) is 7.64. The van der Waals surface area contributed by atoms with Crippen LogP contribution in [0, 0.1) is 5.41 Å². The van der Waals surface area contributed by atoms with E-state index in [1.807, 2.05) is 0 Å². The molecule has 0 radical (unpaired) electrons. The minimum atomic E-state index is -0.00542. The molecule has 0 spiro atoms. The minimum Gasteiger partial charge on any atom is -0.396 e. The normalized spacial score (nSPS) is 25.8. The molecule has 2 atom stereocenters. The molecule has 0 bridgehead atoms. The van der Waals surface area contributed by atoms with Crippen LogP contribution < -0.4 is 10.6 Å². The summed E-state index contributed by atoms with van der Waals surface area (Å²) in [5.74, 6) is 1.42. The monoisotopic (exact) mass is 359 g/mol. The van der Waals surface area contributed by atoms with Gasteiger partial charge in [0.2, 0.25) is 0 Å². The molecular formula is C21H33N3O2. The van der Waals surface area contributed by atoms with Crippen LogP contribution in [0.2, 0.25) is 0 Å². The second-order valence-electron chi connectivity index (χ2n) is 7.64. The zero-order chi connectivity index (χ0) is 18.2. The number of nitrogens with zero attached hydrogens (tertiary/aromatic N) is 1. The summed E-state index contributed by atoms with van der Waals surface area (Å²) >= 11 is 0. The van der Waals surface area contributed by atoms with Crippen molar-refractivity contribution in [3.8, 4) is 0 Å². The largest absolute Gasteiger partial charge is 0.396 e. The van der Waals surface area contributed by atoms with Gasteiger partial charge in [-0.15, -0.1) is 0 Å². The van der Waals surface area contributed by atoms with Crippen LogP contribution in [0.5, 0.6) is 0 Å². The highest BCUT2D eigenvalue weighted by Crippen LogP contribution is 2.33. The molecule has 1 heterocycles. The molecule has 1 aromatic rings.